The molecule has 110 valence electrons. The molecule has 0 unspecified atom stereocenters. The van der Waals surface area contributed by atoms with E-state index >= 15 is 0 Å². The fraction of sp³-hybridized carbons (Fsp3) is 0.615. The van der Waals surface area contributed by atoms with Crippen molar-refractivity contribution in [3.63, 3.8) is 0 Å². The maximum Gasteiger partial charge on any atom is 0.163 e. The standard InChI is InChI=1S/C13H22N6O/c1-4-14-12-10-8-15-18(3)13(10)17-11(16-12)9-19(5-2)6-7-20/h8,20H,4-7,9H2,1-3H3,(H,14,16,17). The minimum atomic E-state index is 0.141. The minimum absolute atomic E-state index is 0.141. The lowest BCUT2D eigenvalue weighted by atomic mass is 10.3. The molecule has 20 heavy (non-hydrogen) atoms. The van der Waals surface area contributed by atoms with Gasteiger partial charge in [-0.1, -0.05) is 6.92 Å². The molecule has 0 saturated carbocycles. The predicted octanol–water partition coefficient (Wildman–Crippen LogP) is 0.609. The van der Waals surface area contributed by atoms with E-state index in [-0.39, 0.29) is 6.61 Å². The Balaban J connectivity index is 2.35. The van der Waals surface area contributed by atoms with Gasteiger partial charge >= 0.3 is 0 Å². The molecule has 7 nitrogen and oxygen atoms in total. The van der Waals surface area contributed by atoms with E-state index in [0.717, 1.165) is 35.8 Å². The van der Waals surface area contributed by atoms with Gasteiger partial charge in [-0.15, -0.1) is 0 Å². The van der Waals surface area contributed by atoms with Crippen LogP contribution in [0.15, 0.2) is 6.20 Å². The summed E-state index contributed by atoms with van der Waals surface area (Å²) in [5.74, 6) is 1.56. The number of aliphatic hydroxyl groups excluding tert-OH is 1. The average Bonchev–Trinajstić information content (AvgIpc) is 2.81. The van der Waals surface area contributed by atoms with Gasteiger partial charge in [-0.3, -0.25) is 9.58 Å². The monoisotopic (exact) mass is 278 g/mol. The number of hydrogen-bond donors (Lipinski definition) is 2. The van der Waals surface area contributed by atoms with E-state index < -0.39 is 0 Å². The Labute approximate surface area is 118 Å². The molecule has 0 amide bonds. The summed E-state index contributed by atoms with van der Waals surface area (Å²) in [6.07, 6.45) is 1.78. The zero-order chi connectivity index (χ0) is 14.5. The van der Waals surface area contributed by atoms with Gasteiger partial charge in [-0.25, -0.2) is 9.97 Å². The van der Waals surface area contributed by atoms with E-state index in [9.17, 15) is 0 Å². The molecule has 0 atom stereocenters. The highest BCUT2D eigenvalue weighted by atomic mass is 16.3. The third-order valence-corrected chi connectivity index (χ3v) is 3.21. The zero-order valence-corrected chi connectivity index (χ0v) is 12.3. The van der Waals surface area contributed by atoms with Gasteiger partial charge in [-0.2, -0.15) is 5.10 Å². The molecule has 2 rings (SSSR count). The predicted molar refractivity (Wildman–Crippen MR) is 78.5 cm³/mol. The van der Waals surface area contributed by atoms with Gasteiger partial charge in [-0.05, 0) is 13.5 Å². The largest absolute Gasteiger partial charge is 0.395 e. The van der Waals surface area contributed by atoms with E-state index in [1.165, 1.54) is 0 Å². The first kappa shape index (κ1) is 14.7. The number of nitrogens with one attached hydrogen (secondary N) is 1. The first-order valence-corrected chi connectivity index (χ1v) is 6.95. The van der Waals surface area contributed by atoms with Crippen molar-refractivity contribution in [1.82, 2.24) is 24.6 Å². The molecule has 0 saturated heterocycles. The second kappa shape index (κ2) is 6.62. The van der Waals surface area contributed by atoms with Crippen molar-refractivity contribution in [2.75, 3.05) is 31.6 Å². The lowest BCUT2D eigenvalue weighted by Gasteiger charge is -2.18. The quantitative estimate of drug-likeness (QED) is 0.772. The van der Waals surface area contributed by atoms with Crippen LogP contribution >= 0.6 is 0 Å². The number of fused-ring (bicyclic) bond motifs is 1. The lowest BCUT2D eigenvalue weighted by Crippen LogP contribution is -2.27. The van der Waals surface area contributed by atoms with Crippen molar-refractivity contribution in [3.8, 4) is 0 Å². The van der Waals surface area contributed by atoms with Gasteiger partial charge in [0.05, 0.1) is 24.7 Å². The average molecular weight is 278 g/mol. The SMILES string of the molecule is CCNc1nc(CN(CC)CCO)nc2c1cnn2C. The number of aliphatic hydroxyl groups is 1. The topological polar surface area (TPSA) is 79.1 Å². The summed E-state index contributed by atoms with van der Waals surface area (Å²) < 4.78 is 1.75. The Morgan fingerprint density at radius 2 is 2.15 bits per heavy atom. The highest BCUT2D eigenvalue weighted by Gasteiger charge is 2.13. The molecule has 0 bridgehead atoms. The summed E-state index contributed by atoms with van der Waals surface area (Å²) in [6.45, 7) is 7.13. The van der Waals surface area contributed by atoms with Gasteiger partial charge in [0.15, 0.2) is 5.65 Å². The number of aryl methyl sites for hydroxylation is 1. The van der Waals surface area contributed by atoms with Crippen LogP contribution in [0.25, 0.3) is 11.0 Å². The van der Waals surface area contributed by atoms with E-state index in [0.29, 0.717) is 13.1 Å². The molecule has 0 spiro atoms. The lowest BCUT2D eigenvalue weighted by molar-refractivity contribution is 0.194. The number of anilines is 1. The molecule has 2 aromatic heterocycles. The van der Waals surface area contributed by atoms with Crippen molar-refractivity contribution in [3.05, 3.63) is 12.0 Å². The normalized spacial score (nSPS) is 11.4. The highest BCUT2D eigenvalue weighted by Crippen LogP contribution is 2.19. The third kappa shape index (κ3) is 3.05. The summed E-state index contributed by atoms with van der Waals surface area (Å²) in [5, 5.41) is 17.5. The van der Waals surface area contributed by atoms with Crippen LogP contribution in [0.1, 0.15) is 19.7 Å². The molecular formula is C13H22N6O. The first-order valence-electron chi connectivity index (χ1n) is 6.95. The fourth-order valence-electron chi connectivity index (χ4n) is 2.13. The van der Waals surface area contributed by atoms with Crippen LogP contribution in [0.3, 0.4) is 0 Å². The van der Waals surface area contributed by atoms with Crippen molar-refractivity contribution in [1.29, 1.82) is 0 Å². The second-order valence-corrected chi connectivity index (χ2v) is 4.62. The Hall–Kier alpha value is -1.73. The smallest absolute Gasteiger partial charge is 0.163 e. The molecule has 0 aliphatic rings. The fourth-order valence-corrected chi connectivity index (χ4v) is 2.13. The van der Waals surface area contributed by atoms with Crippen LogP contribution in [0.2, 0.25) is 0 Å². The number of aromatic nitrogens is 4. The molecule has 0 fully saturated rings. The van der Waals surface area contributed by atoms with Gasteiger partial charge in [0.25, 0.3) is 0 Å². The van der Waals surface area contributed by atoms with E-state index in [2.05, 4.69) is 32.2 Å². The zero-order valence-electron chi connectivity index (χ0n) is 12.3. The molecule has 0 aromatic carbocycles. The molecule has 2 aromatic rings. The van der Waals surface area contributed by atoms with Crippen molar-refractivity contribution >= 4 is 16.9 Å². The molecular weight excluding hydrogens is 256 g/mol. The van der Waals surface area contributed by atoms with Crippen LogP contribution in [0.4, 0.5) is 5.82 Å². The molecule has 0 radical (unpaired) electrons. The third-order valence-electron chi connectivity index (χ3n) is 3.21. The van der Waals surface area contributed by atoms with Crippen LogP contribution in [0, 0.1) is 0 Å². The van der Waals surface area contributed by atoms with Crippen LogP contribution < -0.4 is 5.32 Å². The van der Waals surface area contributed by atoms with Gasteiger partial charge in [0.2, 0.25) is 0 Å². The van der Waals surface area contributed by atoms with Crippen LogP contribution in [0.5, 0.6) is 0 Å². The molecule has 0 aliphatic heterocycles. The Morgan fingerprint density at radius 1 is 1.35 bits per heavy atom. The van der Waals surface area contributed by atoms with Gasteiger partial charge in [0.1, 0.15) is 11.6 Å². The van der Waals surface area contributed by atoms with Crippen molar-refractivity contribution in [2.24, 2.45) is 7.05 Å². The molecule has 2 heterocycles. The summed E-state index contributed by atoms with van der Waals surface area (Å²) in [6, 6.07) is 0. The number of likely N-dealkylation sites (N-methyl/N-ethyl adjacent to an activating group) is 1. The molecule has 0 aliphatic carbocycles. The Kier molecular flexibility index (Phi) is 4.86. The Bertz CT molecular complexity index is 567. The molecule has 2 N–H and O–H groups in total. The summed E-state index contributed by atoms with van der Waals surface area (Å²) in [5.41, 5.74) is 0.825. The van der Waals surface area contributed by atoms with Crippen molar-refractivity contribution in [2.45, 2.75) is 20.4 Å². The van der Waals surface area contributed by atoms with E-state index in [4.69, 9.17) is 5.11 Å². The van der Waals surface area contributed by atoms with Gasteiger partial charge in [0, 0.05) is 20.1 Å². The number of rotatable bonds is 7. The summed E-state index contributed by atoms with van der Waals surface area (Å²) >= 11 is 0. The van der Waals surface area contributed by atoms with E-state index in [1.54, 1.807) is 10.9 Å². The summed E-state index contributed by atoms with van der Waals surface area (Å²) in [7, 11) is 1.88. The first-order chi connectivity index (χ1) is 9.69. The molecule has 7 heteroatoms. The van der Waals surface area contributed by atoms with Crippen LogP contribution in [-0.2, 0) is 13.6 Å². The van der Waals surface area contributed by atoms with Gasteiger partial charge < -0.3 is 10.4 Å². The summed E-state index contributed by atoms with van der Waals surface area (Å²) in [4.78, 5) is 11.3. The minimum Gasteiger partial charge on any atom is -0.395 e. The number of hydrogen-bond acceptors (Lipinski definition) is 6. The highest BCUT2D eigenvalue weighted by molar-refractivity contribution is 5.86. The van der Waals surface area contributed by atoms with Crippen LogP contribution in [-0.4, -0.2) is 56.0 Å². The Morgan fingerprint density at radius 3 is 2.80 bits per heavy atom. The number of nitrogens with zero attached hydrogens (tertiary/aromatic N) is 5. The maximum atomic E-state index is 9.06. The van der Waals surface area contributed by atoms with E-state index in [1.807, 2.05) is 14.0 Å². The second-order valence-electron chi connectivity index (χ2n) is 4.62. The van der Waals surface area contributed by atoms with Crippen molar-refractivity contribution < 1.29 is 5.11 Å². The maximum absolute atomic E-state index is 9.06.